The second-order valence-corrected chi connectivity index (χ2v) is 19.3. The van der Waals surface area contributed by atoms with E-state index in [4.69, 9.17) is 19.4 Å². The lowest BCUT2D eigenvalue weighted by atomic mass is 9.99. The van der Waals surface area contributed by atoms with Gasteiger partial charge in [-0.1, -0.05) is 146 Å². The number of rotatable bonds is 6. The van der Waals surface area contributed by atoms with Crippen LogP contribution in [0.15, 0.2) is 223 Å². The van der Waals surface area contributed by atoms with E-state index in [1.807, 2.05) is 96.3 Å². The predicted molar refractivity (Wildman–Crippen MR) is 295 cm³/mol. The van der Waals surface area contributed by atoms with Crippen LogP contribution >= 0.6 is 11.3 Å². The van der Waals surface area contributed by atoms with Crippen LogP contribution in [0, 0.1) is 11.3 Å². The molecule has 15 rings (SSSR count). The first-order valence-electron chi connectivity index (χ1n) is 23.9. The van der Waals surface area contributed by atoms with E-state index in [1.54, 1.807) is 0 Å². The smallest absolute Gasteiger partial charge is 0.169 e. The Kier molecular flexibility index (Phi) is 8.76. The molecule has 0 atom stereocenters. The van der Waals surface area contributed by atoms with Crippen molar-refractivity contribution < 1.29 is 4.42 Å². The summed E-state index contributed by atoms with van der Waals surface area (Å²) < 4.78 is 14.2. The van der Waals surface area contributed by atoms with Gasteiger partial charge in [0.05, 0.1) is 44.3 Å². The van der Waals surface area contributed by atoms with Crippen LogP contribution in [0.25, 0.3) is 142 Å². The van der Waals surface area contributed by atoms with Gasteiger partial charge in [0.25, 0.3) is 0 Å². The number of benzene rings is 10. The van der Waals surface area contributed by atoms with Crippen LogP contribution in [0.3, 0.4) is 0 Å². The van der Waals surface area contributed by atoms with Crippen molar-refractivity contribution in [2.24, 2.45) is 0 Å². The fourth-order valence-corrected chi connectivity index (χ4v) is 12.1. The van der Waals surface area contributed by atoms with Gasteiger partial charge in [-0.2, -0.15) is 5.26 Å². The highest BCUT2D eigenvalue weighted by Crippen LogP contribution is 2.48. The Morgan fingerprint density at radius 2 is 0.944 bits per heavy atom. The predicted octanol–water partition coefficient (Wildman–Crippen LogP) is 16.9. The van der Waals surface area contributed by atoms with Crippen molar-refractivity contribution in [2.45, 2.75) is 0 Å². The van der Waals surface area contributed by atoms with E-state index >= 15 is 0 Å². The number of thiophene rings is 1. The highest BCUT2D eigenvalue weighted by molar-refractivity contribution is 7.25. The summed E-state index contributed by atoms with van der Waals surface area (Å²) in [5, 5.41) is 20.2. The quantitative estimate of drug-likeness (QED) is 0.166. The largest absolute Gasteiger partial charge is 0.455 e. The van der Waals surface area contributed by atoms with E-state index in [1.165, 1.54) is 20.2 Å². The minimum Gasteiger partial charge on any atom is -0.455 e. The van der Waals surface area contributed by atoms with Crippen molar-refractivity contribution in [1.29, 1.82) is 5.26 Å². The Bertz CT molecular complexity index is 4690. The molecule has 8 heteroatoms. The van der Waals surface area contributed by atoms with Crippen molar-refractivity contribution in [3.05, 3.63) is 224 Å². The summed E-state index contributed by atoms with van der Waals surface area (Å²) >= 11 is 1.83. The Balaban J connectivity index is 1.06. The monoisotopic (exact) mass is 936 g/mol. The molecule has 0 aliphatic heterocycles. The second-order valence-electron chi connectivity index (χ2n) is 18.2. The van der Waals surface area contributed by atoms with Gasteiger partial charge < -0.3 is 13.6 Å². The highest BCUT2D eigenvalue weighted by Gasteiger charge is 2.28. The van der Waals surface area contributed by atoms with E-state index < -0.39 is 0 Å². The molecule has 7 nitrogen and oxygen atoms in total. The molecule has 0 unspecified atom stereocenters. The van der Waals surface area contributed by atoms with Gasteiger partial charge in [0.1, 0.15) is 17.2 Å². The van der Waals surface area contributed by atoms with Gasteiger partial charge in [-0.3, -0.25) is 0 Å². The van der Waals surface area contributed by atoms with E-state index in [0.717, 1.165) is 88.0 Å². The summed E-state index contributed by atoms with van der Waals surface area (Å²) in [7, 11) is 0. The molecule has 10 aromatic carbocycles. The standard InChI is InChI=1S/C64H36N6OS/c65-37-42-36-53(60-46-24-11-14-26-54(46)71-61(60)57(42)64-67-62(38-16-4-1-5-17-38)66-63(68-64)39-18-6-2-7-19-39)70-50-30-28-40(41-29-33-56-47(34-41)44-22-12-15-27-55(44)72-56)35-48(50)59-52(70)32-31-51-58(59)45-23-10-13-25-49(45)69(51)43-20-8-3-9-21-43/h1-36H. The molecule has 0 saturated heterocycles. The number of hydrogen-bond acceptors (Lipinski definition) is 6. The van der Waals surface area contributed by atoms with Crippen LogP contribution in [-0.4, -0.2) is 24.1 Å². The minimum absolute atomic E-state index is 0.354. The van der Waals surface area contributed by atoms with Crippen molar-refractivity contribution in [3.8, 4) is 62.7 Å². The third-order valence-electron chi connectivity index (χ3n) is 14.2. The van der Waals surface area contributed by atoms with E-state index in [-0.39, 0.29) is 0 Å². The van der Waals surface area contributed by atoms with Crippen molar-refractivity contribution in [1.82, 2.24) is 24.1 Å². The SMILES string of the molecule is N#Cc1cc(-n2c3ccc(-c4ccc5sc6ccccc6c5c4)cc3c3c4c5ccccc5n(-c5ccccc5)c4ccc32)c2c(oc3ccccc32)c1-c1nc(-c2ccccc2)nc(-c2ccccc2)n1. The molecule has 5 aromatic heterocycles. The molecule has 0 bridgehead atoms. The third-order valence-corrected chi connectivity index (χ3v) is 15.4. The van der Waals surface area contributed by atoms with Crippen LogP contribution in [0.1, 0.15) is 5.56 Å². The second kappa shape index (κ2) is 15.7. The van der Waals surface area contributed by atoms with Crippen LogP contribution in [0.2, 0.25) is 0 Å². The number of nitriles is 1. The molecule has 0 fully saturated rings. The lowest BCUT2D eigenvalue weighted by Gasteiger charge is -2.14. The molecule has 0 N–H and O–H groups in total. The average molecular weight is 937 g/mol. The first kappa shape index (κ1) is 40.2. The van der Waals surface area contributed by atoms with Crippen LogP contribution in [-0.2, 0) is 0 Å². The first-order chi connectivity index (χ1) is 35.7. The summed E-state index contributed by atoms with van der Waals surface area (Å²) in [5.74, 6) is 1.35. The van der Waals surface area contributed by atoms with Gasteiger partial charge in [0.15, 0.2) is 17.5 Å². The first-order valence-corrected chi connectivity index (χ1v) is 24.7. The molecular formula is C64H36N6OS. The summed E-state index contributed by atoms with van der Waals surface area (Å²) in [5.41, 5.74) is 12.2. The Hall–Kier alpha value is -9.68. The van der Waals surface area contributed by atoms with Crippen molar-refractivity contribution in [2.75, 3.05) is 0 Å². The lowest BCUT2D eigenvalue weighted by Crippen LogP contribution is -2.03. The van der Waals surface area contributed by atoms with Gasteiger partial charge in [-0.15, -0.1) is 11.3 Å². The number of para-hydroxylation sites is 3. The maximum atomic E-state index is 11.4. The molecule has 0 aliphatic rings. The van der Waals surface area contributed by atoms with Crippen LogP contribution in [0.4, 0.5) is 0 Å². The Labute approximate surface area is 415 Å². The number of aromatic nitrogens is 5. The molecule has 0 amide bonds. The summed E-state index contributed by atoms with van der Waals surface area (Å²) in [6, 6.07) is 78.7. The van der Waals surface area contributed by atoms with Crippen LogP contribution < -0.4 is 0 Å². The molecule has 0 radical (unpaired) electrons. The zero-order valence-electron chi connectivity index (χ0n) is 38.3. The van der Waals surface area contributed by atoms with E-state index in [2.05, 4.69) is 149 Å². The molecule has 0 aliphatic carbocycles. The van der Waals surface area contributed by atoms with Gasteiger partial charge in [-0.05, 0) is 83.9 Å². The highest BCUT2D eigenvalue weighted by atomic mass is 32.1. The Morgan fingerprint density at radius 3 is 1.68 bits per heavy atom. The molecular weight excluding hydrogens is 901 g/mol. The van der Waals surface area contributed by atoms with Crippen molar-refractivity contribution >= 4 is 97.1 Å². The van der Waals surface area contributed by atoms with Gasteiger partial charge in [-0.25, -0.2) is 15.0 Å². The maximum absolute atomic E-state index is 11.4. The van der Waals surface area contributed by atoms with Crippen molar-refractivity contribution in [3.63, 3.8) is 0 Å². The Morgan fingerprint density at radius 1 is 0.403 bits per heavy atom. The van der Waals surface area contributed by atoms with E-state index in [9.17, 15) is 5.26 Å². The van der Waals surface area contributed by atoms with Crippen LogP contribution in [0.5, 0.6) is 0 Å². The number of nitrogens with zero attached hydrogens (tertiary/aromatic N) is 6. The number of fused-ring (bicyclic) bond motifs is 13. The molecule has 5 heterocycles. The zero-order valence-corrected chi connectivity index (χ0v) is 39.1. The van der Waals surface area contributed by atoms with Gasteiger partial charge in [0, 0.05) is 63.9 Å². The molecule has 15 aromatic rings. The third kappa shape index (κ3) is 5.99. The fraction of sp³-hybridized carbons (Fsp3) is 0. The summed E-state index contributed by atoms with van der Waals surface area (Å²) in [6.07, 6.45) is 0. The average Bonchev–Trinajstić information content (AvgIpc) is 4.21. The number of hydrogen-bond donors (Lipinski definition) is 0. The number of furan rings is 1. The normalized spacial score (nSPS) is 11.9. The van der Waals surface area contributed by atoms with E-state index in [0.29, 0.717) is 39.8 Å². The van der Waals surface area contributed by atoms with Gasteiger partial charge >= 0.3 is 0 Å². The van der Waals surface area contributed by atoms with Gasteiger partial charge in [0.2, 0.25) is 0 Å². The molecule has 72 heavy (non-hydrogen) atoms. The summed E-state index contributed by atoms with van der Waals surface area (Å²) in [6.45, 7) is 0. The molecule has 0 spiro atoms. The lowest BCUT2D eigenvalue weighted by molar-refractivity contribution is 0.669. The zero-order chi connectivity index (χ0) is 47.4. The topological polar surface area (TPSA) is 85.5 Å². The minimum atomic E-state index is 0.354. The maximum Gasteiger partial charge on any atom is 0.169 e. The molecule has 334 valence electrons. The molecule has 0 saturated carbocycles. The fourth-order valence-electron chi connectivity index (χ4n) is 11.1. The summed E-state index contributed by atoms with van der Waals surface area (Å²) in [4.78, 5) is 15.3.